The lowest BCUT2D eigenvalue weighted by molar-refractivity contribution is 0.272. The molecule has 1 aromatic carbocycles. The summed E-state index contributed by atoms with van der Waals surface area (Å²) in [4.78, 5) is 4.89. The average molecular weight is 247 g/mol. The minimum atomic E-state index is 0.742. The third kappa shape index (κ3) is 3.16. The normalized spacial score (nSPS) is 20.9. The van der Waals surface area contributed by atoms with Crippen molar-refractivity contribution in [3.05, 3.63) is 24.3 Å². The number of hydrogen-bond donors (Lipinski definition) is 1. The molecule has 1 aliphatic rings. The topological polar surface area (TPSA) is 18.5 Å². The van der Waals surface area contributed by atoms with Crippen molar-refractivity contribution in [2.45, 2.75) is 25.3 Å². The summed E-state index contributed by atoms with van der Waals surface area (Å²) in [5, 5.41) is 3.17. The molecule has 0 bridgehead atoms. The molecule has 0 saturated carbocycles. The van der Waals surface area contributed by atoms with E-state index in [1.54, 1.807) is 0 Å². The Bertz CT molecular complexity index is 359. The molecule has 1 atom stereocenters. The van der Waals surface area contributed by atoms with E-state index in [-0.39, 0.29) is 0 Å². The van der Waals surface area contributed by atoms with Gasteiger partial charge in [-0.25, -0.2) is 0 Å². The first kappa shape index (κ1) is 13.2. The van der Waals surface area contributed by atoms with Crippen molar-refractivity contribution in [2.75, 3.05) is 44.4 Å². The zero-order chi connectivity index (χ0) is 13.0. The highest BCUT2D eigenvalue weighted by atomic mass is 15.2. The number of rotatable bonds is 3. The fourth-order valence-electron chi connectivity index (χ4n) is 2.69. The molecule has 1 heterocycles. The maximum atomic E-state index is 3.17. The summed E-state index contributed by atoms with van der Waals surface area (Å²) in [6, 6.07) is 9.50. The van der Waals surface area contributed by atoms with Crippen LogP contribution in [0.25, 0.3) is 0 Å². The van der Waals surface area contributed by atoms with E-state index in [4.69, 9.17) is 0 Å². The van der Waals surface area contributed by atoms with Gasteiger partial charge in [-0.05, 0) is 57.6 Å². The highest BCUT2D eigenvalue weighted by Gasteiger charge is 2.18. The van der Waals surface area contributed by atoms with Crippen molar-refractivity contribution in [1.29, 1.82) is 0 Å². The molecule has 1 aromatic rings. The molecule has 0 radical (unpaired) electrons. The molecule has 0 aromatic heterocycles. The van der Waals surface area contributed by atoms with E-state index in [0.29, 0.717) is 0 Å². The van der Waals surface area contributed by atoms with Crippen LogP contribution in [-0.4, -0.2) is 45.2 Å². The summed E-state index contributed by atoms with van der Waals surface area (Å²) in [5.74, 6) is 0. The van der Waals surface area contributed by atoms with Crippen LogP contribution in [0.1, 0.15) is 19.3 Å². The second-order valence-corrected chi connectivity index (χ2v) is 5.33. The second kappa shape index (κ2) is 6.10. The zero-order valence-electron chi connectivity index (χ0n) is 11.8. The van der Waals surface area contributed by atoms with Gasteiger partial charge in [-0.3, -0.25) is 0 Å². The number of nitrogens with one attached hydrogen (secondary N) is 1. The van der Waals surface area contributed by atoms with E-state index in [2.05, 4.69) is 53.5 Å². The number of benzene rings is 1. The van der Waals surface area contributed by atoms with Gasteiger partial charge in [0.1, 0.15) is 0 Å². The van der Waals surface area contributed by atoms with Crippen molar-refractivity contribution >= 4 is 11.4 Å². The van der Waals surface area contributed by atoms with Gasteiger partial charge in [-0.2, -0.15) is 0 Å². The molecule has 1 saturated heterocycles. The van der Waals surface area contributed by atoms with Crippen LogP contribution in [-0.2, 0) is 0 Å². The Balaban J connectivity index is 2.00. The summed E-state index contributed by atoms with van der Waals surface area (Å²) in [6.07, 6.45) is 3.87. The maximum absolute atomic E-state index is 3.17. The smallest absolute Gasteiger partial charge is 0.0367 e. The molecule has 0 spiro atoms. The van der Waals surface area contributed by atoms with Crippen LogP contribution in [0.3, 0.4) is 0 Å². The predicted octanol–water partition coefficient (Wildman–Crippen LogP) is 2.65. The van der Waals surface area contributed by atoms with Gasteiger partial charge < -0.3 is 15.1 Å². The van der Waals surface area contributed by atoms with Crippen molar-refractivity contribution in [3.63, 3.8) is 0 Å². The SMILES string of the molecule is CNc1ccc(N2CCCC(N(C)C)CC2)cc1. The third-order valence-electron chi connectivity index (χ3n) is 3.95. The van der Waals surface area contributed by atoms with Gasteiger partial charge in [0.2, 0.25) is 0 Å². The molecule has 18 heavy (non-hydrogen) atoms. The van der Waals surface area contributed by atoms with Crippen molar-refractivity contribution in [3.8, 4) is 0 Å². The Hall–Kier alpha value is -1.22. The first-order valence-corrected chi connectivity index (χ1v) is 6.90. The third-order valence-corrected chi connectivity index (χ3v) is 3.95. The van der Waals surface area contributed by atoms with Crippen molar-refractivity contribution in [1.82, 2.24) is 4.90 Å². The largest absolute Gasteiger partial charge is 0.388 e. The highest BCUT2D eigenvalue weighted by Crippen LogP contribution is 2.22. The molecular formula is C15H25N3. The Kier molecular flexibility index (Phi) is 4.48. The van der Waals surface area contributed by atoms with Crippen LogP contribution in [0, 0.1) is 0 Å². The van der Waals surface area contributed by atoms with Crippen molar-refractivity contribution in [2.24, 2.45) is 0 Å². The number of nitrogens with zero attached hydrogens (tertiary/aromatic N) is 2. The van der Waals surface area contributed by atoms with E-state index in [9.17, 15) is 0 Å². The van der Waals surface area contributed by atoms with Gasteiger partial charge in [-0.1, -0.05) is 0 Å². The molecule has 1 unspecified atom stereocenters. The lowest BCUT2D eigenvalue weighted by Crippen LogP contribution is -2.30. The number of anilines is 2. The molecule has 1 fully saturated rings. The van der Waals surface area contributed by atoms with Crippen LogP contribution >= 0.6 is 0 Å². The summed E-state index contributed by atoms with van der Waals surface area (Å²) in [7, 11) is 6.35. The molecule has 3 nitrogen and oxygen atoms in total. The highest BCUT2D eigenvalue weighted by molar-refractivity contribution is 5.54. The molecular weight excluding hydrogens is 222 g/mol. The van der Waals surface area contributed by atoms with E-state index in [1.165, 1.54) is 43.7 Å². The van der Waals surface area contributed by atoms with Gasteiger partial charge in [0.25, 0.3) is 0 Å². The van der Waals surface area contributed by atoms with Crippen LogP contribution in [0.15, 0.2) is 24.3 Å². The van der Waals surface area contributed by atoms with Gasteiger partial charge in [0, 0.05) is 37.6 Å². The summed E-state index contributed by atoms with van der Waals surface area (Å²) < 4.78 is 0. The van der Waals surface area contributed by atoms with Crippen LogP contribution in [0.2, 0.25) is 0 Å². The Morgan fingerprint density at radius 3 is 2.44 bits per heavy atom. The van der Waals surface area contributed by atoms with E-state index in [0.717, 1.165) is 6.04 Å². The number of hydrogen-bond acceptors (Lipinski definition) is 3. The monoisotopic (exact) mass is 247 g/mol. The van der Waals surface area contributed by atoms with Crippen molar-refractivity contribution < 1.29 is 0 Å². The minimum absolute atomic E-state index is 0.742. The molecule has 1 N–H and O–H groups in total. The van der Waals surface area contributed by atoms with Crippen LogP contribution in [0.5, 0.6) is 0 Å². The van der Waals surface area contributed by atoms with Gasteiger partial charge in [0.15, 0.2) is 0 Å². The van der Waals surface area contributed by atoms with Crippen LogP contribution in [0.4, 0.5) is 11.4 Å². The Morgan fingerprint density at radius 1 is 1.11 bits per heavy atom. The summed E-state index contributed by atoms with van der Waals surface area (Å²) in [5.41, 5.74) is 2.54. The van der Waals surface area contributed by atoms with Gasteiger partial charge in [0.05, 0.1) is 0 Å². The zero-order valence-corrected chi connectivity index (χ0v) is 11.8. The molecule has 100 valence electrons. The average Bonchev–Trinajstić information content (AvgIpc) is 2.64. The molecule has 0 amide bonds. The standard InChI is InChI=1S/C15H25N3/c1-16-13-6-8-15(9-7-13)18-11-4-5-14(10-12-18)17(2)3/h6-9,14,16H,4-5,10-12H2,1-3H3. The fraction of sp³-hybridized carbons (Fsp3) is 0.600. The van der Waals surface area contributed by atoms with E-state index in [1.807, 2.05) is 7.05 Å². The first-order valence-electron chi connectivity index (χ1n) is 6.90. The molecule has 0 aliphatic carbocycles. The van der Waals surface area contributed by atoms with E-state index >= 15 is 0 Å². The maximum Gasteiger partial charge on any atom is 0.0367 e. The fourth-order valence-corrected chi connectivity index (χ4v) is 2.69. The molecule has 2 rings (SSSR count). The predicted molar refractivity (Wildman–Crippen MR) is 79.5 cm³/mol. The second-order valence-electron chi connectivity index (χ2n) is 5.33. The minimum Gasteiger partial charge on any atom is -0.388 e. The van der Waals surface area contributed by atoms with Gasteiger partial charge >= 0.3 is 0 Å². The van der Waals surface area contributed by atoms with E-state index < -0.39 is 0 Å². The lowest BCUT2D eigenvalue weighted by Gasteiger charge is -2.24. The summed E-state index contributed by atoms with van der Waals surface area (Å²) >= 11 is 0. The Labute approximate surface area is 111 Å². The Morgan fingerprint density at radius 2 is 1.83 bits per heavy atom. The first-order chi connectivity index (χ1) is 8.70. The molecule has 1 aliphatic heterocycles. The molecule has 3 heteroatoms. The lowest BCUT2D eigenvalue weighted by atomic mass is 10.1. The quantitative estimate of drug-likeness (QED) is 0.886. The van der Waals surface area contributed by atoms with Crippen LogP contribution < -0.4 is 10.2 Å². The van der Waals surface area contributed by atoms with Gasteiger partial charge in [-0.15, -0.1) is 0 Å². The summed E-state index contributed by atoms with van der Waals surface area (Å²) in [6.45, 7) is 2.35.